The second-order valence-electron chi connectivity index (χ2n) is 3.07. The lowest BCUT2D eigenvalue weighted by atomic mass is 10.2. The van der Waals surface area contributed by atoms with Gasteiger partial charge in [0.1, 0.15) is 6.04 Å². The molecule has 8 heteroatoms. The Labute approximate surface area is 104 Å². The quantitative estimate of drug-likeness (QED) is 0.399. The Kier molecular flexibility index (Phi) is 7.31. The Morgan fingerprint density at radius 2 is 1.76 bits per heavy atom. The summed E-state index contributed by atoms with van der Waals surface area (Å²) in [6, 6.07) is -0.916. The number of ether oxygens (including phenoxy) is 2. The summed E-state index contributed by atoms with van der Waals surface area (Å²) in [5.74, 6) is -2.19. The van der Waals surface area contributed by atoms with Crippen molar-refractivity contribution in [3.8, 4) is 0 Å². The Balaban J connectivity index is 4.24. The van der Waals surface area contributed by atoms with E-state index in [4.69, 9.17) is 0 Å². The van der Waals surface area contributed by atoms with Gasteiger partial charge in [0.25, 0.3) is 0 Å². The lowest BCUT2D eigenvalue weighted by Gasteiger charge is -2.15. The molecule has 0 unspecified atom stereocenters. The number of hydrogen-bond donors (Lipinski definition) is 3. The maximum Gasteiger partial charge on any atom is 0.335 e. The van der Waals surface area contributed by atoms with Gasteiger partial charge in [0, 0.05) is 5.75 Å². The molecule has 0 aliphatic heterocycles. The molecule has 0 radical (unpaired) electrons. The third-order valence-corrected chi connectivity index (χ3v) is 2.22. The number of hydrogen-bond acceptors (Lipinski definition) is 7. The maximum atomic E-state index is 11.3. The SMILES string of the molecule is COC(=O)[C@H](O)CC(=O)N[C@@H](CS)C(=O)OC. The minimum absolute atomic E-state index is 0.0483. The van der Waals surface area contributed by atoms with Crippen LogP contribution in [0, 0.1) is 0 Å². The second kappa shape index (κ2) is 7.91. The van der Waals surface area contributed by atoms with E-state index in [0.29, 0.717) is 0 Å². The third-order valence-electron chi connectivity index (χ3n) is 1.86. The molecule has 0 aromatic heterocycles. The first-order chi connectivity index (χ1) is 7.96. The molecule has 0 saturated carbocycles. The van der Waals surface area contributed by atoms with E-state index in [0.717, 1.165) is 7.11 Å². The zero-order valence-corrected chi connectivity index (χ0v) is 10.4. The van der Waals surface area contributed by atoms with Crippen LogP contribution in [0.5, 0.6) is 0 Å². The summed E-state index contributed by atoms with van der Waals surface area (Å²) in [4.78, 5) is 33.3. The summed E-state index contributed by atoms with van der Waals surface area (Å²) in [6.45, 7) is 0. The van der Waals surface area contributed by atoms with Gasteiger partial charge in [0.15, 0.2) is 6.10 Å². The molecule has 98 valence electrons. The molecule has 2 atom stereocenters. The average Bonchev–Trinajstić information content (AvgIpc) is 2.33. The summed E-state index contributed by atoms with van der Waals surface area (Å²) < 4.78 is 8.66. The lowest BCUT2D eigenvalue weighted by molar-refractivity contribution is -0.152. The molecule has 0 aromatic rings. The van der Waals surface area contributed by atoms with Gasteiger partial charge in [0.05, 0.1) is 20.6 Å². The standard InChI is InChI=1S/C9H15NO6S/c1-15-8(13)5(4-17)10-7(12)3-6(11)9(14)16-2/h5-6,11,17H,3-4H2,1-2H3,(H,10,12)/t5-,6+/m0/s1. The van der Waals surface area contributed by atoms with Gasteiger partial charge in [-0.2, -0.15) is 12.6 Å². The van der Waals surface area contributed by atoms with Crippen molar-refractivity contribution >= 4 is 30.5 Å². The number of rotatable bonds is 6. The first-order valence-corrected chi connectivity index (χ1v) is 5.33. The first kappa shape index (κ1) is 15.7. The lowest BCUT2D eigenvalue weighted by Crippen LogP contribution is -2.44. The van der Waals surface area contributed by atoms with Crippen LogP contribution in [0.15, 0.2) is 0 Å². The number of esters is 2. The molecular formula is C9H15NO6S. The zero-order valence-electron chi connectivity index (χ0n) is 9.50. The van der Waals surface area contributed by atoms with Gasteiger partial charge in [-0.3, -0.25) is 4.79 Å². The number of methoxy groups -OCH3 is 2. The zero-order chi connectivity index (χ0) is 13.4. The highest BCUT2D eigenvalue weighted by Crippen LogP contribution is 1.97. The van der Waals surface area contributed by atoms with E-state index in [1.54, 1.807) is 0 Å². The number of carbonyl (C=O) groups excluding carboxylic acids is 3. The van der Waals surface area contributed by atoms with Gasteiger partial charge in [-0.25, -0.2) is 9.59 Å². The van der Waals surface area contributed by atoms with Crippen molar-refractivity contribution in [2.24, 2.45) is 0 Å². The number of carbonyl (C=O) groups is 3. The average molecular weight is 265 g/mol. The van der Waals surface area contributed by atoms with Crippen molar-refractivity contribution in [2.75, 3.05) is 20.0 Å². The van der Waals surface area contributed by atoms with Gasteiger partial charge < -0.3 is 19.9 Å². The molecule has 0 heterocycles. The number of amides is 1. The van der Waals surface area contributed by atoms with Crippen molar-refractivity contribution in [3.63, 3.8) is 0 Å². The molecule has 1 amide bonds. The summed E-state index contributed by atoms with van der Waals surface area (Å²) in [6.07, 6.45) is -2.05. The summed E-state index contributed by atoms with van der Waals surface area (Å²) >= 11 is 3.86. The molecule has 0 aromatic carbocycles. The van der Waals surface area contributed by atoms with Crippen molar-refractivity contribution in [1.82, 2.24) is 5.32 Å². The smallest absolute Gasteiger partial charge is 0.335 e. The predicted molar refractivity (Wildman–Crippen MR) is 60.4 cm³/mol. The highest BCUT2D eigenvalue weighted by molar-refractivity contribution is 7.80. The van der Waals surface area contributed by atoms with Crippen LogP contribution in [-0.4, -0.2) is 55.1 Å². The number of thiol groups is 1. The van der Waals surface area contributed by atoms with Crippen LogP contribution >= 0.6 is 12.6 Å². The Hall–Kier alpha value is -1.28. The van der Waals surface area contributed by atoms with Crippen LogP contribution in [0.25, 0.3) is 0 Å². The molecule has 0 saturated heterocycles. The molecule has 0 bridgehead atoms. The van der Waals surface area contributed by atoms with Gasteiger partial charge in [-0.05, 0) is 0 Å². The third kappa shape index (κ3) is 5.55. The maximum absolute atomic E-state index is 11.3. The van der Waals surface area contributed by atoms with Crippen LogP contribution in [-0.2, 0) is 23.9 Å². The fourth-order valence-electron chi connectivity index (χ4n) is 0.970. The van der Waals surface area contributed by atoms with Crippen LogP contribution in [0.1, 0.15) is 6.42 Å². The Bertz CT molecular complexity index is 295. The van der Waals surface area contributed by atoms with Gasteiger partial charge in [-0.15, -0.1) is 0 Å². The molecule has 0 fully saturated rings. The molecular weight excluding hydrogens is 250 g/mol. The van der Waals surface area contributed by atoms with Gasteiger partial charge in [0.2, 0.25) is 5.91 Å². The minimum atomic E-state index is -1.56. The summed E-state index contributed by atoms with van der Waals surface area (Å²) in [7, 11) is 2.27. The van der Waals surface area contributed by atoms with Crippen LogP contribution < -0.4 is 5.32 Å². The van der Waals surface area contributed by atoms with E-state index >= 15 is 0 Å². The first-order valence-electron chi connectivity index (χ1n) is 4.70. The molecule has 0 spiro atoms. The highest BCUT2D eigenvalue weighted by Gasteiger charge is 2.24. The fourth-order valence-corrected chi connectivity index (χ4v) is 1.21. The molecule has 17 heavy (non-hydrogen) atoms. The second-order valence-corrected chi connectivity index (χ2v) is 3.43. The number of nitrogens with one attached hydrogen (secondary N) is 1. The molecule has 2 N–H and O–H groups in total. The number of aliphatic hydroxyl groups is 1. The molecule has 0 aliphatic rings. The van der Waals surface area contributed by atoms with Crippen LogP contribution in [0.2, 0.25) is 0 Å². The molecule has 7 nitrogen and oxygen atoms in total. The van der Waals surface area contributed by atoms with E-state index < -0.39 is 36.4 Å². The van der Waals surface area contributed by atoms with E-state index in [1.165, 1.54) is 7.11 Å². The van der Waals surface area contributed by atoms with E-state index in [9.17, 15) is 19.5 Å². The monoisotopic (exact) mass is 265 g/mol. The largest absolute Gasteiger partial charge is 0.467 e. The summed E-state index contributed by atoms with van der Waals surface area (Å²) in [5, 5.41) is 11.5. The number of aliphatic hydroxyl groups excluding tert-OH is 1. The van der Waals surface area contributed by atoms with E-state index in [1.807, 2.05) is 0 Å². The predicted octanol–water partition coefficient (Wildman–Crippen LogP) is -1.50. The normalized spacial score (nSPS) is 13.4. The van der Waals surface area contributed by atoms with E-state index in [2.05, 4.69) is 27.4 Å². The van der Waals surface area contributed by atoms with Crippen molar-refractivity contribution in [2.45, 2.75) is 18.6 Å². The fraction of sp³-hybridized carbons (Fsp3) is 0.667. The molecule has 0 aliphatic carbocycles. The Morgan fingerprint density at radius 1 is 1.24 bits per heavy atom. The molecule has 0 rings (SSSR count). The van der Waals surface area contributed by atoms with Gasteiger partial charge >= 0.3 is 11.9 Å². The van der Waals surface area contributed by atoms with Crippen molar-refractivity contribution in [3.05, 3.63) is 0 Å². The van der Waals surface area contributed by atoms with Crippen LogP contribution in [0.3, 0.4) is 0 Å². The topological polar surface area (TPSA) is 102 Å². The highest BCUT2D eigenvalue weighted by atomic mass is 32.1. The van der Waals surface area contributed by atoms with Crippen LogP contribution in [0.4, 0.5) is 0 Å². The minimum Gasteiger partial charge on any atom is -0.467 e. The van der Waals surface area contributed by atoms with Gasteiger partial charge in [-0.1, -0.05) is 0 Å². The van der Waals surface area contributed by atoms with E-state index in [-0.39, 0.29) is 5.75 Å². The van der Waals surface area contributed by atoms with Crippen molar-refractivity contribution < 1.29 is 29.0 Å². The Morgan fingerprint density at radius 3 is 2.18 bits per heavy atom. The van der Waals surface area contributed by atoms with Crippen molar-refractivity contribution in [1.29, 1.82) is 0 Å². The summed E-state index contributed by atoms with van der Waals surface area (Å²) in [5.41, 5.74) is 0.